The number of halogens is 1. The fourth-order valence-electron chi connectivity index (χ4n) is 2.64. The average molecular weight is 316 g/mol. The Bertz CT molecular complexity index is 689. The highest BCUT2D eigenvalue weighted by molar-refractivity contribution is 5.47. The van der Waals surface area contributed by atoms with Crippen LogP contribution in [0.5, 0.6) is 11.5 Å². The summed E-state index contributed by atoms with van der Waals surface area (Å²) in [4.78, 5) is 0. The van der Waals surface area contributed by atoms with E-state index < -0.39 is 5.60 Å². The van der Waals surface area contributed by atoms with Crippen molar-refractivity contribution in [2.45, 2.75) is 53.1 Å². The first-order chi connectivity index (χ1) is 10.6. The first-order valence-corrected chi connectivity index (χ1v) is 7.91. The normalized spacial score (nSPS) is 11.9. The van der Waals surface area contributed by atoms with Gasteiger partial charge in [-0.05, 0) is 80.1 Å². The minimum absolute atomic E-state index is 0.244. The lowest BCUT2D eigenvalue weighted by atomic mass is 9.92. The van der Waals surface area contributed by atoms with Crippen LogP contribution in [0.15, 0.2) is 30.3 Å². The Hall–Kier alpha value is -1.87. The molecule has 0 spiro atoms. The van der Waals surface area contributed by atoms with E-state index in [9.17, 15) is 9.50 Å². The summed E-state index contributed by atoms with van der Waals surface area (Å²) in [5.74, 6) is 1.41. The van der Waals surface area contributed by atoms with E-state index in [1.165, 1.54) is 12.1 Å². The molecule has 2 aromatic rings. The molecule has 0 bridgehead atoms. The number of benzene rings is 2. The summed E-state index contributed by atoms with van der Waals surface area (Å²) < 4.78 is 19.6. The topological polar surface area (TPSA) is 29.5 Å². The molecule has 2 rings (SSSR count). The molecule has 0 saturated carbocycles. The van der Waals surface area contributed by atoms with Gasteiger partial charge in [0.15, 0.2) is 0 Å². The van der Waals surface area contributed by atoms with Gasteiger partial charge in [-0.15, -0.1) is 0 Å². The van der Waals surface area contributed by atoms with Gasteiger partial charge in [-0.1, -0.05) is 19.9 Å². The quantitative estimate of drug-likeness (QED) is 0.797. The maximum absolute atomic E-state index is 13.5. The molecule has 0 fully saturated rings. The van der Waals surface area contributed by atoms with Gasteiger partial charge in [-0.2, -0.15) is 0 Å². The highest BCUT2D eigenvalue weighted by Crippen LogP contribution is 2.36. The molecule has 23 heavy (non-hydrogen) atoms. The van der Waals surface area contributed by atoms with Crippen LogP contribution in [0.2, 0.25) is 0 Å². The molecule has 0 aliphatic carbocycles. The standard InChI is InChI=1S/C20H25FO2/c1-12(2)17-11-15(20(5,6)22)7-8-18(17)23-19-13(3)9-16(21)10-14(19)4/h7-12,22H,1-6H3. The third-order valence-electron chi connectivity index (χ3n) is 3.98. The molecular weight excluding hydrogens is 291 g/mol. The van der Waals surface area contributed by atoms with E-state index in [0.29, 0.717) is 5.75 Å². The number of rotatable bonds is 4. The smallest absolute Gasteiger partial charge is 0.133 e. The van der Waals surface area contributed by atoms with Crippen molar-refractivity contribution in [1.29, 1.82) is 0 Å². The molecular formula is C20H25FO2. The van der Waals surface area contributed by atoms with Crippen LogP contribution in [0.3, 0.4) is 0 Å². The van der Waals surface area contributed by atoms with Gasteiger partial charge >= 0.3 is 0 Å². The zero-order valence-corrected chi connectivity index (χ0v) is 14.7. The second-order valence-corrected chi connectivity index (χ2v) is 6.94. The van der Waals surface area contributed by atoms with Gasteiger partial charge in [0.25, 0.3) is 0 Å². The molecule has 0 heterocycles. The number of hydrogen-bond acceptors (Lipinski definition) is 2. The Morgan fingerprint density at radius 2 is 1.61 bits per heavy atom. The molecule has 0 radical (unpaired) electrons. The Balaban J connectivity index is 2.48. The molecule has 0 saturated heterocycles. The van der Waals surface area contributed by atoms with Crippen LogP contribution < -0.4 is 4.74 Å². The van der Waals surface area contributed by atoms with Crippen molar-refractivity contribution in [3.05, 3.63) is 58.4 Å². The van der Waals surface area contributed by atoms with Crippen LogP contribution >= 0.6 is 0 Å². The van der Waals surface area contributed by atoms with Gasteiger partial charge in [0.1, 0.15) is 17.3 Å². The average Bonchev–Trinajstić information content (AvgIpc) is 2.41. The largest absolute Gasteiger partial charge is 0.457 e. The van der Waals surface area contributed by atoms with Gasteiger partial charge in [-0.3, -0.25) is 0 Å². The molecule has 0 aliphatic heterocycles. The SMILES string of the molecule is Cc1cc(F)cc(C)c1Oc1ccc(C(C)(C)O)cc1C(C)C. The lowest BCUT2D eigenvalue weighted by Gasteiger charge is -2.22. The van der Waals surface area contributed by atoms with Crippen molar-refractivity contribution < 1.29 is 14.2 Å². The highest BCUT2D eigenvalue weighted by Gasteiger charge is 2.20. The molecule has 0 aliphatic rings. The van der Waals surface area contributed by atoms with Crippen LogP contribution in [0.25, 0.3) is 0 Å². The van der Waals surface area contributed by atoms with Crippen molar-refractivity contribution in [3.8, 4) is 11.5 Å². The molecule has 0 unspecified atom stereocenters. The molecule has 2 aromatic carbocycles. The first kappa shape index (κ1) is 17.5. The summed E-state index contributed by atoms with van der Waals surface area (Å²) in [6.07, 6.45) is 0. The zero-order chi connectivity index (χ0) is 17.4. The van der Waals surface area contributed by atoms with Crippen LogP contribution in [-0.2, 0) is 5.60 Å². The molecule has 0 amide bonds. The lowest BCUT2D eigenvalue weighted by Crippen LogP contribution is -2.16. The maximum Gasteiger partial charge on any atom is 0.133 e. The minimum Gasteiger partial charge on any atom is -0.457 e. The molecule has 2 nitrogen and oxygen atoms in total. The molecule has 0 atom stereocenters. The fraction of sp³-hybridized carbons (Fsp3) is 0.400. The van der Waals surface area contributed by atoms with Crippen LogP contribution in [0, 0.1) is 19.7 Å². The Kier molecular flexibility index (Phi) is 4.81. The summed E-state index contributed by atoms with van der Waals surface area (Å²) in [6.45, 7) is 11.4. The van der Waals surface area contributed by atoms with E-state index in [1.807, 2.05) is 32.0 Å². The predicted molar refractivity (Wildman–Crippen MR) is 91.7 cm³/mol. The second kappa shape index (κ2) is 6.32. The summed E-state index contributed by atoms with van der Waals surface area (Å²) in [7, 11) is 0. The summed E-state index contributed by atoms with van der Waals surface area (Å²) in [5.41, 5.74) is 2.51. The fourth-order valence-corrected chi connectivity index (χ4v) is 2.64. The minimum atomic E-state index is -0.899. The van der Waals surface area contributed by atoms with E-state index in [1.54, 1.807) is 13.8 Å². The van der Waals surface area contributed by atoms with Gasteiger partial charge in [0.05, 0.1) is 5.60 Å². The van der Waals surface area contributed by atoms with Crippen molar-refractivity contribution in [2.75, 3.05) is 0 Å². The number of hydrogen-bond donors (Lipinski definition) is 1. The molecule has 0 aromatic heterocycles. The number of aryl methyl sites for hydroxylation is 2. The maximum atomic E-state index is 13.5. The predicted octanol–water partition coefficient (Wildman–Crippen LogP) is 5.59. The van der Waals surface area contributed by atoms with Crippen molar-refractivity contribution >= 4 is 0 Å². The van der Waals surface area contributed by atoms with Gasteiger partial charge < -0.3 is 9.84 Å². The second-order valence-electron chi connectivity index (χ2n) is 6.94. The van der Waals surface area contributed by atoms with Crippen LogP contribution in [-0.4, -0.2) is 5.11 Å². The lowest BCUT2D eigenvalue weighted by molar-refractivity contribution is 0.0784. The monoisotopic (exact) mass is 316 g/mol. The van der Waals surface area contributed by atoms with E-state index >= 15 is 0 Å². The molecule has 3 heteroatoms. The molecule has 1 N–H and O–H groups in total. The third kappa shape index (κ3) is 3.91. The Morgan fingerprint density at radius 3 is 2.09 bits per heavy atom. The van der Waals surface area contributed by atoms with Crippen LogP contribution in [0.4, 0.5) is 4.39 Å². The Labute approximate surface area is 137 Å². The Morgan fingerprint density at radius 1 is 1.04 bits per heavy atom. The highest BCUT2D eigenvalue weighted by atomic mass is 19.1. The van der Waals surface area contributed by atoms with E-state index in [4.69, 9.17) is 4.74 Å². The summed E-state index contributed by atoms with van der Waals surface area (Å²) in [6, 6.07) is 8.68. The first-order valence-electron chi connectivity index (χ1n) is 7.91. The number of ether oxygens (including phenoxy) is 1. The summed E-state index contributed by atoms with van der Waals surface area (Å²) >= 11 is 0. The van der Waals surface area contributed by atoms with Crippen molar-refractivity contribution in [2.24, 2.45) is 0 Å². The van der Waals surface area contributed by atoms with Gasteiger partial charge in [0, 0.05) is 0 Å². The van der Waals surface area contributed by atoms with Crippen LogP contribution in [0.1, 0.15) is 55.9 Å². The zero-order valence-electron chi connectivity index (χ0n) is 14.7. The van der Waals surface area contributed by atoms with Crippen molar-refractivity contribution in [1.82, 2.24) is 0 Å². The van der Waals surface area contributed by atoms with Gasteiger partial charge in [-0.25, -0.2) is 4.39 Å². The third-order valence-corrected chi connectivity index (χ3v) is 3.98. The van der Waals surface area contributed by atoms with Crippen molar-refractivity contribution in [3.63, 3.8) is 0 Å². The van der Waals surface area contributed by atoms with Gasteiger partial charge in [0.2, 0.25) is 0 Å². The molecule has 124 valence electrons. The van der Waals surface area contributed by atoms with E-state index in [-0.39, 0.29) is 11.7 Å². The number of aliphatic hydroxyl groups is 1. The van der Waals surface area contributed by atoms with E-state index in [0.717, 1.165) is 28.0 Å². The van der Waals surface area contributed by atoms with E-state index in [2.05, 4.69) is 13.8 Å². The summed E-state index contributed by atoms with van der Waals surface area (Å²) in [5, 5.41) is 10.2.